The van der Waals surface area contributed by atoms with E-state index in [1.807, 2.05) is 12.1 Å². The second kappa shape index (κ2) is 10.0. The Hall–Kier alpha value is -3.03. The molecule has 1 N–H and O–H groups in total. The molecule has 4 bridgehead atoms. The maximum atomic E-state index is 11.2. The van der Waals surface area contributed by atoms with Gasteiger partial charge in [-0.2, -0.15) is 10.2 Å². The topological polar surface area (TPSA) is 89.7 Å². The molecule has 0 atom stereocenters. The minimum Gasteiger partial charge on any atom is -0.478 e. The first-order valence-electron chi connectivity index (χ1n) is 13.3. The molecular weight excluding hydrogens is 468 g/mol. The number of carboxylic acids is 1. The molecule has 4 saturated carbocycles. The summed E-state index contributed by atoms with van der Waals surface area (Å²) >= 11 is 0. The van der Waals surface area contributed by atoms with Crippen molar-refractivity contribution in [3.05, 3.63) is 64.7 Å². The van der Waals surface area contributed by atoms with E-state index in [4.69, 9.17) is 14.2 Å². The molecule has 37 heavy (non-hydrogen) atoms. The summed E-state index contributed by atoms with van der Waals surface area (Å²) in [7, 11) is 1.67. The van der Waals surface area contributed by atoms with E-state index in [1.54, 1.807) is 19.2 Å². The highest BCUT2D eigenvalue weighted by atomic mass is 16.7. The van der Waals surface area contributed by atoms with Gasteiger partial charge in [-0.25, -0.2) is 4.79 Å². The molecule has 7 heteroatoms. The number of methoxy groups -OCH3 is 1. The lowest BCUT2D eigenvalue weighted by atomic mass is 9.48. The summed E-state index contributed by atoms with van der Waals surface area (Å²) < 4.78 is 16.9. The van der Waals surface area contributed by atoms with Crippen molar-refractivity contribution in [1.82, 2.24) is 0 Å². The van der Waals surface area contributed by atoms with Gasteiger partial charge in [-0.05, 0) is 103 Å². The van der Waals surface area contributed by atoms with Crippen LogP contribution in [-0.2, 0) is 14.9 Å². The highest BCUT2D eigenvalue weighted by Gasteiger charge is 2.52. The molecule has 0 radical (unpaired) electrons. The maximum Gasteiger partial charge on any atom is 0.335 e. The highest BCUT2D eigenvalue weighted by molar-refractivity contribution is 6.20. The van der Waals surface area contributed by atoms with Gasteiger partial charge < -0.3 is 19.3 Å². The zero-order valence-electron chi connectivity index (χ0n) is 21.3. The summed E-state index contributed by atoms with van der Waals surface area (Å²) in [6, 6.07) is 13.3. The number of aromatic carboxylic acids is 1. The van der Waals surface area contributed by atoms with E-state index in [1.165, 1.54) is 44.1 Å². The van der Waals surface area contributed by atoms with E-state index in [0.29, 0.717) is 19.6 Å². The van der Waals surface area contributed by atoms with Gasteiger partial charge in [0.1, 0.15) is 5.75 Å². The van der Waals surface area contributed by atoms with Crippen LogP contribution >= 0.6 is 0 Å². The van der Waals surface area contributed by atoms with Gasteiger partial charge in [-0.1, -0.05) is 12.1 Å². The molecule has 194 valence electrons. The zero-order chi connectivity index (χ0) is 25.4. The molecule has 0 unspecified atom stereocenters. The third-order valence-electron chi connectivity index (χ3n) is 8.74. The predicted octanol–water partition coefficient (Wildman–Crippen LogP) is 5.45. The Balaban J connectivity index is 1.25. The van der Waals surface area contributed by atoms with E-state index in [2.05, 4.69) is 28.4 Å². The van der Waals surface area contributed by atoms with Crippen molar-refractivity contribution in [3.63, 3.8) is 0 Å². The molecule has 7 rings (SSSR count). The van der Waals surface area contributed by atoms with Crippen molar-refractivity contribution in [2.45, 2.75) is 50.4 Å². The number of carboxylic acid groups (broad SMARTS) is 1. The van der Waals surface area contributed by atoms with Crippen LogP contribution in [0.2, 0.25) is 0 Å². The average molecular weight is 503 g/mol. The van der Waals surface area contributed by atoms with Crippen LogP contribution in [0.5, 0.6) is 5.75 Å². The Morgan fingerprint density at radius 2 is 1.54 bits per heavy atom. The van der Waals surface area contributed by atoms with Crippen LogP contribution in [0.25, 0.3) is 0 Å². The van der Waals surface area contributed by atoms with Gasteiger partial charge in [0.15, 0.2) is 6.79 Å². The molecule has 1 aliphatic heterocycles. The van der Waals surface area contributed by atoms with Crippen LogP contribution in [0.3, 0.4) is 0 Å². The van der Waals surface area contributed by atoms with Crippen molar-refractivity contribution in [2.75, 3.05) is 27.1 Å². The fourth-order valence-corrected chi connectivity index (χ4v) is 7.47. The molecular formula is C30H34N2O5. The van der Waals surface area contributed by atoms with E-state index in [0.717, 1.165) is 46.1 Å². The van der Waals surface area contributed by atoms with Gasteiger partial charge in [0, 0.05) is 19.1 Å². The number of hydrogen-bond donors (Lipinski definition) is 1. The Morgan fingerprint density at radius 3 is 2.16 bits per heavy atom. The van der Waals surface area contributed by atoms with Gasteiger partial charge in [0.2, 0.25) is 0 Å². The third kappa shape index (κ3) is 4.82. The van der Waals surface area contributed by atoms with Crippen LogP contribution in [-0.4, -0.2) is 49.6 Å². The fraction of sp³-hybridized carbons (Fsp3) is 0.500. The first kappa shape index (κ1) is 24.3. The quantitative estimate of drug-likeness (QED) is 0.345. The normalized spacial score (nSPS) is 27.8. The molecule has 5 aliphatic rings. The number of nitrogens with zero attached hydrogens (tertiary/aromatic N) is 2. The van der Waals surface area contributed by atoms with Gasteiger partial charge in [0.05, 0.1) is 30.2 Å². The zero-order valence-corrected chi connectivity index (χ0v) is 21.3. The Labute approximate surface area is 217 Å². The lowest BCUT2D eigenvalue weighted by Gasteiger charge is -2.57. The highest BCUT2D eigenvalue weighted by Crippen LogP contribution is 2.62. The number of hydrogen-bond acceptors (Lipinski definition) is 6. The Bertz CT molecular complexity index is 1200. The van der Waals surface area contributed by atoms with Crippen LogP contribution in [0, 0.1) is 17.8 Å². The summed E-state index contributed by atoms with van der Waals surface area (Å²) in [5.74, 6) is 2.47. The number of carbonyl (C=O) groups is 1. The van der Waals surface area contributed by atoms with Crippen LogP contribution < -0.4 is 4.74 Å². The van der Waals surface area contributed by atoms with Crippen molar-refractivity contribution < 1.29 is 24.1 Å². The van der Waals surface area contributed by atoms with E-state index >= 15 is 0 Å². The summed E-state index contributed by atoms with van der Waals surface area (Å²) in [6.07, 6.45) is 8.51. The van der Waals surface area contributed by atoms with Crippen molar-refractivity contribution >= 4 is 17.4 Å². The Kier molecular flexibility index (Phi) is 6.59. The maximum absolute atomic E-state index is 11.2. The van der Waals surface area contributed by atoms with Crippen molar-refractivity contribution in [2.24, 2.45) is 28.0 Å². The fourth-order valence-electron chi connectivity index (χ4n) is 7.47. The number of rotatable bonds is 10. The van der Waals surface area contributed by atoms with Gasteiger partial charge in [0.25, 0.3) is 0 Å². The minimum atomic E-state index is -0.930. The standard InChI is InChI=1S/C30H34N2O5/c1-35-8-9-36-18-37-28-7-6-24(13-25(28)30-15-19-10-20(16-30)12-21(11-19)17-30)27-14-26(31-32-27)22-2-4-23(5-3-22)29(33)34/h2-7,13,19-21H,8-12,14-18H2,1H3,(H,33,34). The second-order valence-electron chi connectivity index (χ2n) is 11.2. The first-order chi connectivity index (χ1) is 18.0. The lowest BCUT2D eigenvalue weighted by molar-refractivity contribution is -0.0189. The molecule has 0 aromatic heterocycles. The third-order valence-corrected chi connectivity index (χ3v) is 8.74. The SMILES string of the molecule is COCCOCOc1ccc(C2=NN=C(c3ccc(C(=O)O)cc3)C2)cc1C12CC3CC(CC(C3)C1)C2. The van der Waals surface area contributed by atoms with Gasteiger partial charge in [-0.3, -0.25) is 0 Å². The molecule has 2 aromatic carbocycles. The summed E-state index contributed by atoms with van der Waals surface area (Å²) in [4.78, 5) is 11.2. The van der Waals surface area contributed by atoms with E-state index in [9.17, 15) is 9.90 Å². The molecule has 1 heterocycles. The van der Waals surface area contributed by atoms with Crippen molar-refractivity contribution in [1.29, 1.82) is 0 Å². The minimum absolute atomic E-state index is 0.169. The molecule has 4 fully saturated rings. The molecule has 0 amide bonds. The van der Waals surface area contributed by atoms with Crippen molar-refractivity contribution in [3.8, 4) is 5.75 Å². The van der Waals surface area contributed by atoms with Crippen LogP contribution in [0.15, 0.2) is 52.7 Å². The molecule has 0 saturated heterocycles. The summed E-state index contributed by atoms with van der Waals surface area (Å²) in [5, 5.41) is 18.2. The monoisotopic (exact) mass is 502 g/mol. The summed E-state index contributed by atoms with van der Waals surface area (Å²) in [6.45, 7) is 1.26. The Morgan fingerprint density at radius 1 is 0.919 bits per heavy atom. The molecule has 4 aliphatic carbocycles. The predicted molar refractivity (Wildman–Crippen MR) is 141 cm³/mol. The smallest absolute Gasteiger partial charge is 0.335 e. The van der Waals surface area contributed by atoms with E-state index < -0.39 is 5.97 Å². The number of benzene rings is 2. The average Bonchev–Trinajstić information content (AvgIpc) is 3.38. The summed E-state index contributed by atoms with van der Waals surface area (Å²) in [5.41, 5.74) is 5.52. The van der Waals surface area contributed by atoms with Crippen LogP contribution in [0.4, 0.5) is 0 Å². The largest absolute Gasteiger partial charge is 0.478 e. The lowest BCUT2D eigenvalue weighted by Crippen LogP contribution is -2.48. The van der Waals surface area contributed by atoms with E-state index in [-0.39, 0.29) is 17.8 Å². The number of ether oxygens (including phenoxy) is 3. The first-order valence-corrected chi connectivity index (χ1v) is 13.3. The van der Waals surface area contributed by atoms with Gasteiger partial charge in [-0.15, -0.1) is 0 Å². The molecule has 0 spiro atoms. The van der Waals surface area contributed by atoms with Crippen LogP contribution in [0.1, 0.15) is 72.0 Å². The molecule has 2 aromatic rings. The second-order valence-corrected chi connectivity index (χ2v) is 11.2. The molecule has 7 nitrogen and oxygen atoms in total. The van der Waals surface area contributed by atoms with Gasteiger partial charge >= 0.3 is 5.97 Å².